The Bertz CT molecular complexity index is 1170. The Hall–Kier alpha value is -2.33. The van der Waals surface area contributed by atoms with Crippen LogP contribution in [0.15, 0.2) is 60.8 Å². The van der Waals surface area contributed by atoms with E-state index in [1.165, 1.54) is 89.9 Å². The normalized spacial score (nSPS) is 14.4. The second-order valence-corrected chi connectivity index (χ2v) is 17.0. The SMILES string of the molecule is CCCCC/C=C\C/C=C\CCCCCCCC(=O)OC(COCCCCCCCCC/C=C\C/C=C\C/C=C\CCCCCCC)COP(=O)(O)OCC(N)C(=O)O. The molecule has 3 unspecified atom stereocenters. The van der Waals surface area contributed by atoms with Crippen LogP contribution in [0.2, 0.25) is 0 Å². The number of hydrogen-bond acceptors (Lipinski definition) is 8. The van der Waals surface area contributed by atoms with Crippen LogP contribution in [-0.2, 0) is 32.7 Å². The van der Waals surface area contributed by atoms with Crippen molar-refractivity contribution in [3.8, 4) is 0 Å². The topological polar surface area (TPSA) is 155 Å². The molecule has 0 rings (SSSR count). The molecule has 342 valence electrons. The zero-order chi connectivity index (χ0) is 43.3. The Balaban J connectivity index is 4.23. The van der Waals surface area contributed by atoms with E-state index in [0.717, 1.165) is 77.0 Å². The van der Waals surface area contributed by atoms with E-state index in [1.807, 2.05) is 0 Å². The standard InChI is InChI=1S/C48H86NO9P/c1-3-5-7-9-11-13-15-17-19-20-21-22-23-24-25-27-29-31-33-35-37-39-41-55-42-45(43-56-59(53,54)57-44-46(49)48(51)52)58-47(50)40-38-36-34-32-30-28-26-18-16-14-12-10-8-6-4-2/h12,14-15,17-18,20-21,23-24,26,45-46H,3-11,13,16,19,22,25,27-44,49H2,1-2H3,(H,51,52)(H,53,54)/b14-12-,17-15-,21-20-,24-23-,26-18-. The van der Waals surface area contributed by atoms with Crippen LogP contribution in [0.5, 0.6) is 0 Å². The molecule has 0 aromatic rings. The number of phosphoric acid groups is 1. The van der Waals surface area contributed by atoms with Crippen LogP contribution in [-0.4, -0.2) is 60.5 Å². The van der Waals surface area contributed by atoms with Crippen molar-refractivity contribution < 1.29 is 42.7 Å². The highest BCUT2D eigenvalue weighted by atomic mass is 31.2. The molecule has 0 amide bonds. The number of ether oxygens (including phenoxy) is 2. The van der Waals surface area contributed by atoms with E-state index in [1.54, 1.807) is 0 Å². The van der Waals surface area contributed by atoms with Gasteiger partial charge >= 0.3 is 19.8 Å². The van der Waals surface area contributed by atoms with Crippen LogP contribution in [0.3, 0.4) is 0 Å². The number of allylic oxidation sites excluding steroid dienone is 10. The highest BCUT2D eigenvalue weighted by Crippen LogP contribution is 2.43. The molecule has 0 saturated heterocycles. The first kappa shape index (κ1) is 56.7. The summed E-state index contributed by atoms with van der Waals surface area (Å²) >= 11 is 0. The van der Waals surface area contributed by atoms with E-state index >= 15 is 0 Å². The predicted octanol–water partition coefficient (Wildman–Crippen LogP) is 13.2. The van der Waals surface area contributed by atoms with Crippen molar-refractivity contribution in [1.82, 2.24) is 0 Å². The summed E-state index contributed by atoms with van der Waals surface area (Å²) in [7, 11) is -4.63. The third kappa shape index (κ3) is 43.6. The van der Waals surface area contributed by atoms with Crippen LogP contribution in [0.25, 0.3) is 0 Å². The van der Waals surface area contributed by atoms with Gasteiger partial charge in [0.1, 0.15) is 12.1 Å². The molecule has 11 heteroatoms. The lowest BCUT2D eigenvalue weighted by Crippen LogP contribution is -2.34. The number of rotatable bonds is 44. The van der Waals surface area contributed by atoms with Crippen LogP contribution in [0.4, 0.5) is 0 Å². The molecule has 0 radical (unpaired) electrons. The van der Waals surface area contributed by atoms with Crippen molar-refractivity contribution in [2.45, 2.75) is 206 Å². The minimum atomic E-state index is -4.63. The van der Waals surface area contributed by atoms with E-state index < -0.39 is 45.1 Å². The Morgan fingerprint density at radius 1 is 0.542 bits per heavy atom. The second kappa shape index (κ2) is 43.7. The molecule has 3 atom stereocenters. The minimum absolute atomic E-state index is 0.00214. The highest BCUT2D eigenvalue weighted by molar-refractivity contribution is 7.47. The first-order chi connectivity index (χ1) is 28.7. The summed E-state index contributed by atoms with van der Waals surface area (Å²) < 4.78 is 33.4. The van der Waals surface area contributed by atoms with Crippen molar-refractivity contribution in [3.05, 3.63) is 60.8 Å². The van der Waals surface area contributed by atoms with E-state index in [-0.39, 0.29) is 13.0 Å². The smallest absolute Gasteiger partial charge is 0.472 e. The van der Waals surface area contributed by atoms with E-state index in [9.17, 15) is 19.0 Å². The molecule has 0 bridgehead atoms. The molecule has 0 aromatic heterocycles. The molecule has 0 saturated carbocycles. The van der Waals surface area contributed by atoms with Gasteiger partial charge < -0.3 is 25.2 Å². The van der Waals surface area contributed by atoms with Gasteiger partial charge in [-0.25, -0.2) is 4.57 Å². The van der Waals surface area contributed by atoms with Crippen molar-refractivity contribution >= 4 is 19.8 Å². The first-order valence-corrected chi connectivity index (χ1v) is 24.8. The lowest BCUT2D eigenvalue weighted by Gasteiger charge is -2.20. The summed E-state index contributed by atoms with van der Waals surface area (Å²) in [6.45, 7) is 3.80. The maximum absolute atomic E-state index is 12.6. The molecule has 59 heavy (non-hydrogen) atoms. The fourth-order valence-corrected chi connectivity index (χ4v) is 6.89. The van der Waals surface area contributed by atoms with Crippen LogP contribution in [0, 0.1) is 0 Å². The predicted molar refractivity (Wildman–Crippen MR) is 244 cm³/mol. The quantitative estimate of drug-likeness (QED) is 0.0233. The maximum atomic E-state index is 12.6. The zero-order valence-electron chi connectivity index (χ0n) is 37.3. The average Bonchev–Trinajstić information content (AvgIpc) is 3.21. The Labute approximate surface area is 360 Å². The lowest BCUT2D eigenvalue weighted by molar-refractivity contribution is -0.154. The Kier molecular flexibility index (Phi) is 42.0. The number of phosphoric ester groups is 1. The van der Waals surface area contributed by atoms with Gasteiger partial charge in [0.15, 0.2) is 0 Å². The van der Waals surface area contributed by atoms with Gasteiger partial charge in [-0.3, -0.25) is 18.6 Å². The fourth-order valence-electron chi connectivity index (χ4n) is 6.11. The largest absolute Gasteiger partial charge is 0.480 e. The third-order valence-electron chi connectivity index (χ3n) is 9.77. The van der Waals surface area contributed by atoms with Gasteiger partial charge in [-0.1, -0.05) is 164 Å². The molecule has 10 nitrogen and oxygen atoms in total. The van der Waals surface area contributed by atoms with Gasteiger partial charge in [-0.2, -0.15) is 0 Å². The number of aliphatic carboxylic acids is 1. The van der Waals surface area contributed by atoms with E-state index in [4.69, 9.17) is 29.4 Å². The molecule has 0 heterocycles. The van der Waals surface area contributed by atoms with Gasteiger partial charge in [0.2, 0.25) is 0 Å². The molecule has 0 aliphatic heterocycles. The third-order valence-corrected chi connectivity index (χ3v) is 10.7. The summed E-state index contributed by atoms with van der Waals surface area (Å²) in [4.78, 5) is 33.6. The summed E-state index contributed by atoms with van der Waals surface area (Å²) in [6.07, 6.45) is 52.7. The number of carboxylic acids is 1. The van der Waals surface area contributed by atoms with Crippen molar-refractivity contribution in [2.24, 2.45) is 5.73 Å². The van der Waals surface area contributed by atoms with Crippen molar-refractivity contribution in [3.63, 3.8) is 0 Å². The second-order valence-electron chi connectivity index (χ2n) is 15.5. The van der Waals surface area contributed by atoms with Gasteiger partial charge in [0, 0.05) is 13.0 Å². The number of hydrogen-bond donors (Lipinski definition) is 3. The van der Waals surface area contributed by atoms with E-state index in [2.05, 4.69) is 74.6 Å². The molecule has 0 spiro atoms. The fraction of sp³-hybridized carbons (Fsp3) is 0.750. The summed E-state index contributed by atoms with van der Waals surface area (Å²) in [6, 6.07) is -1.48. The molecular weight excluding hydrogens is 766 g/mol. The molecule has 0 aliphatic carbocycles. The Morgan fingerprint density at radius 2 is 0.932 bits per heavy atom. The number of carbonyl (C=O) groups is 2. The molecule has 0 aliphatic rings. The number of carbonyl (C=O) groups excluding carboxylic acids is 1. The van der Waals surface area contributed by atoms with Gasteiger partial charge in [0.05, 0.1) is 19.8 Å². The summed E-state index contributed by atoms with van der Waals surface area (Å²) in [5.41, 5.74) is 5.36. The molecule has 4 N–H and O–H groups in total. The summed E-state index contributed by atoms with van der Waals surface area (Å²) in [5.74, 6) is -1.80. The zero-order valence-corrected chi connectivity index (χ0v) is 38.2. The van der Waals surface area contributed by atoms with E-state index in [0.29, 0.717) is 13.0 Å². The van der Waals surface area contributed by atoms with Crippen LogP contribution < -0.4 is 5.73 Å². The highest BCUT2D eigenvalue weighted by Gasteiger charge is 2.27. The monoisotopic (exact) mass is 852 g/mol. The number of nitrogens with two attached hydrogens (primary N) is 1. The molecule has 0 aromatic carbocycles. The summed E-state index contributed by atoms with van der Waals surface area (Å²) in [5, 5.41) is 8.91. The number of unbranched alkanes of at least 4 members (excludes halogenated alkanes) is 20. The number of esters is 1. The average molecular weight is 852 g/mol. The molecular formula is C48H86NO9P. The van der Waals surface area contributed by atoms with Gasteiger partial charge in [-0.05, 0) is 83.5 Å². The maximum Gasteiger partial charge on any atom is 0.472 e. The van der Waals surface area contributed by atoms with Crippen LogP contribution in [0.1, 0.15) is 194 Å². The molecule has 0 fully saturated rings. The lowest BCUT2D eigenvalue weighted by atomic mass is 10.1. The van der Waals surface area contributed by atoms with Crippen molar-refractivity contribution in [2.75, 3.05) is 26.4 Å². The Morgan fingerprint density at radius 3 is 1.42 bits per heavy atom. The number of carboxylic acid groups (broad SMARTS) is 1. The van der Waals surface area contributed by atoms with Crippen LogP contribution >= 0.6 is 7.82 Å². The first-order valence-electron chi connectivity index (χ1n) is 23.3. The van der Waals surface area contributed by atoms with Crippen molar-refractivity contribution in [1.29, 1.82) is 0 Å². The van der Waals surface area contributed by atoms with Gasteiger partial charge in [-0.15, -0.1) is 0 Å². The minimum Gasteiger partial charge on any atom is -0.480 e. The van der Waals surface area contributed by atoms with Gasteiger partial charge in [0.25, 0.3) is 0 Å².